The van der Waals surface area contributed by atoms with Crippen molar-refractivity contribution in [3.05, 3.63) is 16.7 Å². The third-order valence-electron chi connectivity index (χ3n) is 3.14. The molecule has 0 aromatic heterocycles. The van der Waals surface area contributed by atoms with Gasteiger partial charge in [0.25, 0.3) is 0 Å². The van der Waals surface area contributed by atoms with Gasteiger partial charge in [0.05, 0.1) is 17.0 Å². The fraction of sp³-hybridized carbons (Fsp3) is 0.250. The molecule has 0 radical (unpaired) electrons. The van der Waals surface area contributed by atoms with E-state index in [9.17, 15) is 29.7 Å². The molecule has 3 N–H and O–H groups in total. The molecule has 0 aliphatic heterocycles. The Morgan fingerprint density at radius 2 is 1.39 bits per heavy atom. The van der Waals surface area contributed by atoms with Gasteiger partial charge in [-0.1, -0.05) is 0 Å². The highest BCUT2D eigenvalue weighted by Gasteiger charge is 2.42. The van der Waals surface area contributed by atoms with Crippen LogP contribution in [0, 0.1) is 12.8 Å². The topological polar surface area (TPSA) is 112 Å². The first kappa shape index (κ1) is 12.1. The quantitative estimate of drug-likeness (QED) is 0.270. The van der Waals surface area contributed by atoms with E-state index in [-0.39, 0.29) is 5.56 Å². The summed E-state index contributed by atoms with van der Waals surface area (Å²) in [6.45, 7) is 2.54. The van der Waals surface area contributed by atoms with Gasteiger partial charge in [0, 0.05) is 5.56 Å². The van der Waals surface area contributed by atoms with Gasteiger partial charge in [-0.15, -0.1) is 0 Å². The summed E-state index contributed by atoms with van der Waals surface area (Å²) in [6, 6.07) is 0. The molecule has 0 spiro atoms. The van der Waals surface area contributed by atoms with Gasteiger partial charge in [-0.3, -0.25) is 14.4 Å². The third kappa shape index (κ3) is 1.25. The maximum Gasteiger partial charge on any atom is 0.234 e. The number of Topliss-reactive ketones (excluding diaryl/α,β-unsaturated/α-hetero) is 3. The molecule has 0 saturated carbocycles. The molecule has 0 fully saturated rings. The van der Waals surface area contributed by atoms with E-state index in [0.29, 0.717) is 0 Å². The first-order valence-corrected chi connectivity index (χ1v) is 5.19. The minimum absolute atomic E-state index is 0.117. The van der Waals surface area contributed by atoms with Gasteiger partial charge < -0.3 is 15.3 Å². The second-order valence-corrected chi connectivity index (χ2v) is 4.20. The van der Waals surface area contributed by atoms with Crippen LogP contribution in [0.5, 0.6) is 17.2 Å². The van der Waals surface area contributed by atoms with E-state index >= 15 is 0 Å². The lowest BCUT2D eigenvalue weighted by Crippen LogP contribution is -2.35. The van der Waals surface area contributed by atoms with Crippen molar-refractivity contribution in [3.63, 3.8) is 0 Å². The number of fused-ring (bicyclic) bond motifs is 1. The number of benzene rings is 1. The number of ketones is 3. The molecule has 2 rings (SSSR count). The molecule has 0 saturated heterocycles. The molecule has 94 valence electrons. The molecule has 6 heteroatoms. The Bertz CT molecular complexity index is 614. The van der Waals surface area contributed by atoms with E-state index in [4.69, 9.17) is 0 Å². The number of phenols is 3. The summed E-state index contributed by atoms with van der Waals surface area (Å²) in [6.07, 6.45) is 0. The third-order valence-corrected chi connectivity index (χ3v) is 3.14. The van der Waals surface area contributed by atoms with E-state index < -0.39 is 51.6 Å². The Balaban J connectivity index is 2.94. The minimum atomic E-state index is -1.20. The maximum atomic E-state index is 11.9. The van der Waals surface area contributed by atoms with Crippen molar-refractivity contribution in [2.24, 2.45) is 5.92 Å². The SMILES string of the molecule is Cc1c(O)c(O)c2c(c1O)C(=O)C(C)C(=O)C2=O. The van der Waals surface area contributed by atoms with Crippen LogP contribution in [0.15, 0.2) is 0 Å². The largest absolute Gasteiger partial charge is 0.507 e. The maximum absolute atomic E-state index is 11.9. The van der Waals surface area contributed by atoms with Gasteiger partial charge in [0.1, 0.15) is 5.75 Å². The fourth-order valence-corrected chi connectivity index (χ4v) is 1.95. The van der Waals surface area contributed by atoms with Crippen molar-refractivity contribution in [2.45, 2.75) is 13.8 Å². The number of phenolic OH excluding ortho intramolecular Hbond substituents is 3. The van der Waals surface area contributed by atoms with E-state index in [0.717, 1.165) is 0 Å². The normalized spacial score (nSPS) is 19.0. The highest BCUT2D eigenvalue weighted by atomic mass is 16.3. The standard InChI is InChI=1S/C12H10O6/c1-3-7(13)5-6(11(17)9(3)15)12(18)10(16)4(2)8(5)14/h3,14,16,18H,1-2H3. The molecule has 6 nitrogen and oxygen atoms in total. The van der Waals surface area contributed by atoms with Gasteiger partial charge >= 0.3 is 0 Å². The van der Waals surface area contributed by atoms with Crippen molar-refractivity contribution in [2.75, 3.05) is 0 Å². The Kier molecular flexibility index (Phi) is 2.39. The molecule has 18 heavy (non-hydrogen) atoms. The van der Waals surface area contributed by atoms with Crippen LogP contribution in [0.4, 0.5) is 0 Å². The van der Waals surface area contributed by atoms with E-state index in [1.165, 1.54) is 13.8 Å². The van der Waals surface area contributed by atoms with Crippen molar-refractivity contribution >= 4 is 17.3 Å². The van der Waals surface area contributed by atoms with E-state index in [1.54, 1.807) is 0 Å². The zero-order chi connectivity index (χ0) is 13.8. The Morgan fingerprint density at radius 3 is 1.94 bits per heavy atom. The number of hydrogen-bond donors (Lipinski definition) is 3. The predicted molar refractivity (Wildman–Crippen MR) is 59.0 cm³/mol. The zero-order valence-electron chi connectivity index (χ0n) is 9.64. The molecular weight excluding hydrogens is 240 g/mol. The lowest BCUT2D eigenvalue weighted by Gasteiger charge is -2.21. The summed E-state index contributed by atoms with van der Waals surface area (Å²) in [5.41, 5.74) is -1.14. The molecule has 0 bridgehead atoms. The summed E-state index contributed by atoms with van der Waals surface area (Å²) in [7, 11) is 0. The Labute approximate surface area is 101 Å². The summed E-state index contributed by atoms with van der Waals surface area (Å²) in [5.74, 6) is -6.14. The lowest BCUT2D eigenvalue weighted by atomic mass is 9.80. The second kappa shape index (κ2) is 3.56. The number of aromatic hydroxyl groups is 3. The zero-order valence-corrected chi connectivity index (χ0v) is 9.64. The van der Waals surface area contributed by atoms with Crippen LogP contribution >= 0.6 is 0 Å². The summed E-state index contributed by atoms with van der Waals surface area (Å²) in [5, 5.41) is 29.0. The number of carbonyl (C=O) groups excluding carboxylic acids is 3. The molecule has 1 aliphatic rings. The number of carbonyl (C=O) groups is 3. The average molecular weight is 250 g/mol. The molecule has 1 aromatic rings. The summed E-state index contributed by atoms with van der Waals surface area (Å²) >= 11 is 0. The Morgan fingerprint density at radius 1 is 0.833 bits per heavy atom. The van der Waals surface area contributed by atoms with Crippen LogP contribution in [-0.4, -0.2) is 32.7 Å². The first-order chi connectivity index (χ1) is 8.29. The first-order valence-electron chi connectivity index (χ1n) is 5.19. The molecule has 1 aliphatic carbocycles. The van der Waals surface area contributed by atoms with Crippen LogP contribution in [-0.2, 0) is 4.79 Å². The average Bonchev–Trinajstić information content (AvgIpc) is 2.35. The molecule has 1 atom stereocenters. The van der Waals surface area contributed by atoms with Gasteiger partial charge in [0.2, 0.25) is 11.6 Å². The van der Waals surface area contributed by atoms with Gasteiger partial charge in [-0.05, 0) is 13.8 Å². The summed E-state index contributed by atoms with van der Waals surface area (Å²) in [4.78, 5) is 35.1. The van der Waals surface area contributed by atoms with Crippen LogP contribution in [0.2, 0.25) is 0 Å². The highest BCUT2D eigenvalue weighted by Crippen LogP contribution is 2.44. The van der Waals surface area contributed by atoms with Crippen molar-refractivity contribution < 1.29 is 29.7 Å². The fourth-order valence-electron chi connectivity index (χ4n) is 1.95. The van der Waals surface area contributed by atoms with Gasteiger partial charge in [-0.2, -0.15) is 0 Å². The molecule has 0 amide bonds. The van der Waals surface area contributed by atoms with Crippen molar-refractivity contribution in [1.29, 1.82) is 0 Å². The predicted octanol–water partition coefficient (Wildman–Crippen LogP) is 0.696. The van der Waals surface area contributed by atoms with E-state index in [1.807, 2.05) is 0 Å². The Hall–Kier alpha value is -2.37. The molecule has 1 unspecified atom stereocenters. The smallest absolute Gasteiger partial charge is 0.234 e. The van der Waals surface area contributed by atoms with Crippen LogP contribution in [0.25, 0.3) is 0 Å². The molecule has 1 aromatic carbocycles. The minimum Gasteiger partial charge on any atom is -0.507 e. The van der Waals surface area contributed by atoms with Crippen molar-refractivity contribution in [3.8, 4) is 17.2 Å². The summed E-state index contributed by atoms with van der Waals surface area (Å²) < 4.78 is 0. The molecular formula is C12H10O6. The second-order valence-electron chi connectivity index (χ2n) is 4.20. The van der Waals surface area contributed by atoms with Crippen molar-refractivity contribution in [1.82, 2.24) is 0 Å². The van der Waals surface area contributed by atoms with Crippen LogP contribution in [0.3, 0.4) is 0 Å². The van der Waals surface area contributed by atoms with Gasteiger partial charge in [0.15, 0.2) is 17.3 Å². The monoisotopic (exact) mass is 250 g/mol. The number of hydrogen-bond acceptors (Lipinski definition) is 6. The van der Waals surface area contributed by atoms with Gasteiger partial charge in [-0.25, -0.2) is 0 Å². The number of rotatable bonds is 0. The highest BCUT2D eigenvalue weighted by molar-refractivity contribution is 6.52. The van der Waals surface area contributed by atoms with Crippen LogP contribution in [0.1, 0.15) is 33.2 Å². The van der Waals surface area contributed by atoms with E-state index in [2.05, 4.69) is 0 Å². The lowest BCUT2D eigenvalue weighted by molar-refractivity contribution is -0.117. The van der Waals surface area contributed by atoms with Crippen LogP contribution < -0.4 is 0 Å². The molecule has 0 heterocycles.